The van der Waals surface area contributed by atoms with Crippen molar-refractivity contribution in [1.82, 2.24) is 9.55 Å². The fourth-order valence-electron chi connectivity index (χ4n) is 2.81. The van der Waals surface area contributed by atoms with Crippen LogP contribution in [0.5, 0.6) is 0 Å². The summed E-state index contributed by atoms with van der Waals surface area (Å²) in [5.41, 5.74) is 1.83. The molecule has 1 aromatic carbocycles. The Bertz CT molecular complexity index is 700. The lowest BCUT2D eigenvalue weighted by molar-refractivity contribution is 0.538. The molecule has 0 bridgehead atoms. The first kappa shape index (κ1) is 12.5. The number of imidazole rings is 1. The van der Waals surface area contributed by atoms with E-state index in [1.54, 1.807) is 0 Å². The highest BCUT2D eigenvalue weighted by molar-refractivity contribution is 7.92. The monoisotopic (exact) mass is 279 g/mol. The van der Waals surface area contributed by atoms with Crippen LogP contribution in [0.3, 0.4) is 0 Å². The average Bonchev–Trinajstić information content (AvgIpc) is 2.92. The summed E-state index contributed by atoms with van der Waals surface area (Å²) in [6.45, 7) is 0. The molecule has 0 atom stereocenters. The number of para-hydroxylation sites is 2. The molecule has 1 aliphatic rings. The van der Waals surface area contributed by atoms with Crippen LogP contribution in [0.4, 0.5) is 5.95 Å². The molecule has 0 aliphatic heterocycles. The molecule has 6 heteroatoms. The fourth-order valence-corrected chi connectivity index (χ4v) is 3.29. The third kappa shape index (κ3) is 2.45. The molecule has 0 amide bonds. The SMILES string of the molecule is CS(=O)(=O)Nc1nc2ccccc2n1C1CCCC1. The van der Waals surface area contributed by atoms with E-state index in [4.69, 9.17) is 0 Å². The van der Waals surface area contributed by atoms with Crippen LogP contribution < -0.4 is 4.72 Å². The van der Waals surface area contributed by atoms with Gasteiger partial charge >= 0.3 is 0 Å². The second kappa shape index (κ2) is 4.52. The van der Waals surface area contributed by atoms with Crippen molar-refractivity contribution in [3.63, 3.8) is 0 Å². The van der Waals surface area contributed by atoms with E-state index in [0.29, 0.717) is 12.0 Å². The van der Waals surface area contributed by atoms with Gasteiger partial charge < -0.3 is 4.57 Å². The smallest absolute Gasteiger partial charge is 0.232 e. The van der Waals surface area contributed by atoms with Gasteiger partial charge in [-0.25, -0.2) is 13.4 Å². The lowest BCUT2D eigenvalue weighted by Crippen LogP contribution is -2.16. The summed E-state index contributed by atoms with van der Waals surface area (Å²) in [5.74, 6) is 0.440. The molecular formula is C13H17N3O2S. The number of rotatable bonds is 3. The van der Waals surface area contributed by atoms with Crippen LogP contribution in [0.15, 0.2) is 24.3 Å². The lowest BCUT2D eigenvalue weighted by Gasteiger charge is -2.16. The van der Waals surface area contributed by atoms with Crippen molar-refractivity contribution < 1.29 is 8.42 Å². The third-order valence-corrected chi connectivity index (χ3v) is 4.12. The molecule has 102 valence electrons. The highest BCUT2D eigenvalue weighted by Gasteiger charge is 2.23. The first-order valence-electron chi connectivity index (χ1n) is 6.49. The Balaban J connectivity index is 2.16. The van der Waals surface area contributed by atoms with E-state index in [0.717, 1.165) is 30.1 Å². The van der Waals surface area contributed by atoms with Gasteiger partial charge in [0.15, 0.2) is 0 Å². The zero-order valence-corrected chi connectivity index (χ0v) is 11.7. The molecular weight excluding hydrogens is 262 g/mol. The van der Waals surface area contributed by atoms with Gasteiger partial charge in [-0.1, -0.05) is 25.0 Å². The number of hydrogen-bond donors (Lipinski definition) is 1. The first-order valence-corrected chi connectivity index (χ1v) is 8.38. The number of fused-ring (bicyclic) bond motifs is 1. The number of nitrogens with one attached hydrogen (secondary N) is 1. The van der Waals surface area contributed by atoms with Crippen molar-refractivity contribution in [2.24, 2.45) is 0 Å². The minimum atomic E-state index is -3.31. The summed E-state index contributed by atoms with van der Waals surface area (Å²) in [6, 6.07) is 8.12. The summed E-state index contributed by atoms with van der Waals surface area (Å²) < 4.78 is 27.5. The maximum atomic E-state index is 11.5. The van der Waals surface area contributed by atoms with E-state index >= 15 is 0 Å². The molecule has 5 nitrogen and oxygen atoms in total. The minimum Gasteiger partial charge on any atom is -0.306 e. The molecule has 0 saturated heterocycles. The Hall–Kier alpha value is -1.56. The second-order valence-corrected chi connectivity index (χ2v) is 6.86. The van der Waals surface area contributed by atoms with Crippen molar-refractivity contribution in [3.05, 3.63) is 24.3 Å². The summed E-state index contributed by atoms with van der Waals surface area (Å²) >= 11 is 0. The quantitative estimate of drug-likeness (QED) is 0.939. The maximum Gasteiger partial charge on any atom is 0.232 e. The molecule has 1 N–H and O–H groups in total. The molecule has 1 saturated carbocycles. The van der Waals surface area contributed by atoms with Gasteiger partial charge in [0, 0.05) is 6.04 Å². The van der Waals surface area contributed by atoms with E-state index in [1.807, 2.05) is 28.8 Å². The third-order valence-electron chi connectivity index (χ3n) is 3.56. The fraction of sp³-hybridized carbons (Fsp3) is 0.462. The van der Waals surface area contributed by atoms with Crippen molar-refractivity contribution >= 4 is 27.0 Å². The van der Waals surface area contributed by atoms with Crippen molar-refractivity contribution in [3.8, 4) is 0 Å². The Morgan fingerprint density at radius 3 is 2.63 bits per heavy atom. The van der Waals surface area contributed by atoms with Crippen LogP contribution in [0.2, 0.25) is 0 Å². The van der Waals surface area contributed by atoms with Crippen LogP contribution in [0.25, 0.3) is 11.0 Å². The van der Waals surface area contributed by atoms with E-state index in [9.17, 15) is 8.42 Å². The summed E-state index contributed by atoms with van der Waals surface area (Å²) in [5, 5.41) is 0. The van der Waals surface area contributed by atoms with E-state index in [2.05, 4.69) is 9.71 Å². The Labute approximate surface area is 112 Å². The van der Waals surface area contributed by atoms with Crippen LogP contribution in [0, 0.1) is 0 Å². The maximum absolute atomic E-state index is 11.5. The molecule has 1 heterocycles. The van der Waals surface area contributed by atoms with Gasteiger partial charge in [0.25, 0.3) is 0 Å². The predicted molar refractivity (Wildman–Crippen MR) is 75.7 cm³/mol. The first-order chi connectivity index (χ1) is 9.04. The highest BCUT2D eigenvalue weighted by Crippen LogP contribution is 2.35. The van der Waals surface area contributed by atoms with Crippen molar-refractivity contribution in [2.45, 2.75) is 31.7 Å². The lowest BCUT2D eigenvalue weighted by atomic mass is 10.2. The van der Waals surface area contributed by atoms with Crippen LogP contribution in [-0.4, -0.2) is 24.2 Å². The molecule has 0 unspecified atom stereocenters. The highest BCUT2D eigenvalue weighted by atomic mass is 32.2. The van der Waals surface area contributed by atoms with Crippen LogP contribution in [0.1, 0.15) is 31.7 Å². The van der Waals surface area contributed by atoms with Gasteiger partial charge in [-0.2, -0.15) is 0 Å². The Kier molecular flexibility index (Phi) is 2.97. The Morgan fingerprint density at radius 2 is 1.95 bits per heavy atom. The molecule has 1 fully saturated rings. The standard InChI is InChI=1S/C13H17N3O2S/c1-19(17,18)15-13-14-11-8-4-5-9-12(11)16(13)10-6-2-3-7-10/h4-5,8-10H,2-3,6-7H2,1H3,(H,14,15). The summed E-state index contributed by atoms with van der Waals surface area (Å²) in [6.07, 6.45) is 5.70. The molecule has 3 rings (SSSR count). The van der Waals surface area contributed by atoms with Crippen LogP contribution >= 0.6 is 0 Å². The topological polar surface area (TPSA) is 64.0 Å². The Morgan fingerprint density at radius 1 is 1.26 bits per heavy atom. The van der Waals surface area contributed by atoms with Gasteiger partial charge in [-0.3, -0.25) is 4.72 Å². The molecule has 2 aromatic rings. The molecule has 1 aliphatic carbocycles. The number of hydrogen-bond acceptors (Lipinski definition) is 3. The van der Waals surface area contributed by atoms with Gasteiger partial charge in [0.05, 0.1) is 17.3 Å². The summed E-state index contributed by atoms with van der Waals surface area (Å²) in [4.78, 5) is 4.42. The largest absolute Gasteiger partial charge is 0.306 e. The molecule has 0 radical (unpaired) electrons. The summed E-state index contributed by atoms with van der Waals surface area (Å²) in [7, 11) is -3.31. The number of benzene rings is 1. The van der Waals surface area contributed by atoms with E-state index in [1.165, 1.54) is 12.8 Å². The molecule has 19 heavy (non-hydrogen) atoms. The van der Waals surface area contributed by atoms with Gasteiger partial charge in [-0.15, -0.1) is 0 Å². The average molecular weight is 279 g/mol. The number of sulfonamides is 1. The number of anilines is 1. The van der Waals surface area contributed by atoms with Gasteiger partial charge in [0.2, 0.25) is 16.0 Å². The molecule has 1 aromatic heterocycles. The predicted octanol–water partition coefficient (Wildman–Crippen LogP) is 2.52. The van der Waals surface area contributed by atoms with Gasteiger partial charge in [-0.05, 0) is 25.0 Å². The molecule has 0 spiro atoms. The zero-order chi connectivity index (χ0) is 13.5. The van der Waals surface area contributed by atoms with Crippen molar-refractivity contribution in [2.75, 3.05) is 11.0 Å². The van der Waals surface area contributed by atoms with E-state index < -0.39 is 10.0 Å². The minimum absolute atomic E-state index is 0.344. The van der Waals surface area contributed by atoms with Crippen molar-refractivity contribution in [1.29, 1.82) is 0 Å². The van der Waals surface area contributed by atoms with Crippen LogP contribution in [-0.2, 0) is 10.0 Å². The number of nitrogens with zero attached hydrogens (tertiary/aromatic N) is 2. The van der Waals surface area contributed by atoms with E-state index in [-0.39, 0.29) is 0 Å². The normalized spacial score (nSPS) is 17.1. The van der Waals surface area contributed by atoms with Gasteiger partial charge in [0.1, 0.15) is 0 Å². The second-order valence-electron chi connectivity index (χ2n) is 5.11. The number of aromatic nitrogens is 2. The zero-order valence-electron chi connectivity index (χ0n) is 10.8.